The monoisotopic (exact) mass is 365 g/mol. The summed E-state index contributed by atoms with van der Waals surface area (Å²) in [4.78, 5) is 32.5. The van der Waals surface area contributed by atoms with E-state index in [4.69, 9.17) is 4.74 Å². The van der Waals surface area contributed by atoms with E-state index in [1.54, 1.807) is 6.92 Å². The lowest BCUT2D eigenvalue weighted by atomic mass is 9.89. The average molecular weight is 365 g/mol. The third kappa shape index (κ3) is 7.02. The molecule has 0 aliphatic heterocycles. The molecule has 1 aliphatic carbocycles. The molecule has 0 saturated heterocycles. The van der Waals surface area contributed by atoms with Crippen molar-refractivity contribution in [1.29, 1.82) is 0 Å². The second kappa shape index (κ2) is 9.75. The highest BCUT2D eigenvalue weighted by Crippen LogP contribution is 2.22. The summed E-state index contributed by atoms with van der Waals surface area (Å²) in [5, 5.41) is 3.44. The highest BCUT2D eigenvalue weighted by Gasteiger charge is 2.20. The van der Waals surface area contributed by atoms with Crippen molar-refractivity contribution in [2.75, 3.05) is 12.3 Å². The van der Waals surface area contributed by atoms with Crippen LogP contribution in [-0.4, -0.2) is 40.2 Å². The van der Waals surface area contributed by atoms with Gasteiger partial charge >= 0.3 is 5.97 Å². The number of rotatable bonds is 7. The summed E-state index contributed by atoms with van der Waals surface area (Å²) in [5.41, 5.74) is 1.72. The van der Waals surface area contributed by atoms with E-state index in [9.17, 15) is 9.59 Å². The molecule has 1 saturated carbocycles. The van der Waals surface area contributed by atoms with Crippen LogP contribution in [-0.2, 0) is 14.3 Å². The molecule has 25 heavy (non-hydrogen) atoms. The van der Waals surface area contributed by atoms with Gasteiger partial charge in [-0.2, -0.15) is 0 Å². The van der Waals surface area contributed by atoms with E-state index < -0.39 is 12.1 Å². The number of esters is 1. The molecule has 0 radical (unpaired) electrons. The van der Waals surface area contributed by atoms with Gasteiger partial charge in [-0.1, -0.05) is 31.0 Å². The van der Waals surface area contributed by atoms with E-state index in [-0.39, 0.29) is 11.7 Å². The number of amides is 1. The van der Waals surface area contributed by atoms with Gasteiger partial charge in [-0.05, 0) is 45.6 Å². The van der Waals surface area contributed by atoms with E-state index in [1.165, 1.54) is 43.9 Å². The smallest absolute Gasteiger partial charge is 0.317 e. The number of thioether (sulfide) groups is 1. The maximum absolute atomic E-state index is 12.1. The Morgan fingerprint density at radius 3 is 2.52 bits per heavy atom. The van der Waals surface area contributed by atoms with Gasteiger partial charge in [0.25, 0.3) is 5.91 Å². The largest absolute Gasteiger partial charge is 0.452 e. The summed E-state index contributed by atoms with van der Waals surface area (Å²) < 4.78 is 5.21. The molecule has 1 aliphatic rings. The van der Waals surface area contributed by atoms with Crippen LogP contribution in [0.15, 0.2) is 11.2 Å². The number of nitrogens with one attached hydrogen (secondary N) is 1. The predicted octanol–water partition coefficient (Wildman–Crippen LogP) is 2.81. The first-order valence-electron chi connectivity index (χ1n) is 8.86. The van der Waals surface area contributed by atoms with Gasteiger partial charge in [0.1, 0.15) is 0 Å². The Balaban J connectivity index is 1.70. The highest BCUT2D eigenvalue weighted by molar-refractivity contribution is 7.99. The highest BCUT2D eigenvalue weighted by atomic mass is 32.2. The van der Waals surface area contributed by atoms with Crippen LogP contribution in [0.4, 0.5) is 0 Å². The zero-order valence-electron chi connectivity index (χ0n) is 15.2. The number of ether oxygens (including phenoxy) is 1. The molecule has 0 spiro atoms. The number of aryl methyl sites for hydroxylation is 2. The standard InChI is InChI=1S/C18H27N3O3S/c1-12-9-13(2)21-18(20-12)25-11-16(22)24-14(3)17(23)19-10-15-7-5-4-6-8-15/h9,14-15H,4-8,10-11H2,1-3H3,(H,19,23)/t14-/m1/s1. The number of hydrogen-bond donors (Lipinski definition) is 1. The molecular formula is C18H27N3O3S. The van der Waals surface area contributed by atoms with Crippen LogP contribution >= 0.6 is 11.8 Å². The molecule has 1 amide bonds. The average Bonchev–Trinajstić information content (AvgIpc) is 2.58. The fourth-order valence-corrected chi connectivity index (χ4v) is 3.68. The van der Waals surface area contributed by atoms with E-state index >= 15 is 0 Å². The SMILES string of the molecule is Cc1cc(C)nc(SCC(=O)O[C@H](C)C(=O)NCC2CCCCC2)n1. The zero-order chi connectivity index (χ0) is 18.2. The van der Waals surface area contributed by atoms with Crippen LogP contribution in [0.5, 0.6) is 0 Å². The molecule has 0 unspecified atom stereocenters. The first-order valence-corrected chi connectivity index (χ1v) is 9.85. The molecule has 1 N–H and O–H groups in total. The second-order valence-corrected chi connectivity index (χ2v) is 7.55. The minimum Gasteiger partial charge on any atom is -0.452 e. The van der Waals surface area contributed by atoms with Crippen molar-refractivity contribution in [3.8, 4) is 0 Å². The van der Waals surface area contributed by atoms with E-state index in [2.05, 4.69) is 15.3 Å². The van der Waals surface area contributed by atoms with Crippen molar-refractivity contribution < 1.29 is 14.3 Å². The van der Waals surface area contributed by atoms with Gasteiger partial charge in [-0.15, -0.1) is 0 Å². The van der Waals surface area contributed by atoms with E-state index in [0.29, 0.717) is 17.6 Å². The summed E-state index contributed by atoms with van der Waals surface area (Å²) in [6.07, 6.45) is 5.32. The Hall–Kier alpha value is -1.63. The summed E-state index contributed by atoms with van der Waals surface area (Å²) in [7, 11) is 0. The molecular weight excluding hydrogens is 338 g/mol. The normalized spacial score (nSPS) is 16.3. The molecule has 1 fully saturated rings. The molecule has 6 nitrogen and oxygen atoms in total. The van der Waals surface area contributed by atoms with Crippen molar-refractivity contribution >= 4 is 23.6 Å². The van der Waals surface area contributed by atoms with E-state index in [1.807, 2.05) is 19.9 Å². The number of aromatic nitrogens is 2. The van der Waals surface area contributed by atoms with E-state index in [0.717, 1.165) is 11.4 Å². The predicted molar refractivity (Wildman–Crippen MR) is 97.4 cm³/mol. The van der Waals surface area contributed by atoms with Crippen molar-refractivity contribution in [3.05, 3.63) is 17.5 Å². The summed E-state index contributed by atoms with van der Waals surface area (Å²) >= 11 is 1.22. The third-order valence-electron chi connectivity index (χ3n) is 4.25. The van der Waals surface area contributed by atoms with Crippen LogP contribution in [0.25, 0.3) is 0 Å². The molecule has 1 heterocycles. The first-order chi connectivity index (χ1) is 11.9. The van der Waals surface area contributed by atoms with Crippen molar-refractivity contribution in [1.82, 2.24) is 15.3 Å². The summed E-state index contributed by atoms with van der Waals surface area (Å²) in [6.45, 7) is 6.05. The number of nitrogens with zero attached hydrogens (tertiary/aromatic N) is 2. The lowest BCUT2D eigenvalue weighted by molar-refractivity contribution is -0.152. The lowest BCUT2D eigenvalue weighted by Gasteiger charge is -2.22. The molecule has 2 rings (SSSR count). The first kappa shape index (κ1) is 19.7. The van der Waals surface area contributed by atoms with Gasteiger partial charge < -0.3 is 10.1 Å². The maximum atomic E-state index is 12.1. The minimum atomic E-state index is -0.781. The molecule has 1 aromatic rings. The molecule has 1 aromatic heterocycles. The quantitative estimate of drug-likeness (QED) is 0.455. The van der Waals surface area contributed by atoms with Crippen molar-refractivity contribution in [2.24, 2.45) is 5.92 Å². The Morgan fingerprint density at radius 2 is 1.88 bits per heavy atom. The second-order valence-electron chi connectivity index (χ2n) is 6.60. The molecule has 0 aromatic carbocycles. The van der Waals surface area contributed by atoms with Gasteiger partial charge in [0.2, 0.25) is 0 Å². The lowest BCUT2D eigenvalue weighted by Crippen LogP contribution is -2.39. The minimum absolute atomic E-state index is 0.0864. The van der Waals surface area contributed by atoms with Gasteiger partial charge in [-0.25, -0.2) is 9.97 Å². The number of carbonyl (C=O) groups is 2. The topological polar surface area (TPSA) is 81.2 Å². The summed E-state index contributed by atoms with van der Waals surface area (Å²) in [6, 6.07) is 1.88. The van der Waals surface area contributed by atoms with Crippen LogP contribution in [0, 0.1) is 19.8 Å². The zero-order valence-corrected chi connectivity index (χ0v) is 16.0. The van der Waals surface area contributed by atoms with Crippen molar-refractivity contribution in [2.45, 2.75) is 64.1 Å². The fourth-order valence-electron chi connectivity index (χ4n) is 2.95. The molecule has 7 heteroatoms. The fraction of sp³-hybridized carbons (Fsp3) is 0.667. The van der Waals surface area contributed by atoms with Crippen LogP contribution in [0.2, 0.25) is 0 Å². The number of carbonyl (C=O) groups excluding carboxylic acids is 2. The van der Waals surface area contributed by atoms with Crippen LogP contribution in [0.1, 0.15) is 50.4 Å². The van der Waals surface area contributed by atoms with Gasteiger partial charge in [0, 0.05) is 17.9 Å². The maximum Gasteiger partial charge on any atom is 0.317 e. The molecule has 0 bridgehead atoms. The van der Waals surface area contributed by atoms with Crippen molar-refractivity contribution in [3.63, 3.8) is 0 Å². The van der Waals surface area contributed by atoms with Gasteiger partial charge in [-0.3, -0.25) is 9.59 Å². The molecule has 138 valence electrons. The van der Waals surface area contributed by atoms with Gasteiger partial charge in [0.05, 0.1) is 5.75 Å². The molecule has 1 atom stereocenters. The Bertz CT molecular complexity index is 583. The number of hydrogen-bond acceptors (Lipinski definition) is 6. The summed E-state index contributed by atoms with van der Waals surface area (Å²) in [5.74, 6) is -0.0270. The van der Waals surface area contributed by atoms with Gasteiger partial charge in [0.15, 0.2) is 11.3 Å². The van der Waals surface area contributed by atoms with Crippen LogP contribution < -0.4 is 5.32 Å². The Morgan fingerprint density at radius 1 is 1.24 bits per heavy atom. The third-order valence-corrected chi connectivity index (χ3v) is 5.07. The Kier molecular flexibility index (Phi) is 7.68. The van der Waals surface area contributed by atoms with Crippen LogP contribution in [0.3, 0.4) is 0 Å². The Labute approximate surface area is 153 Å².